The van der Waals surface area contributed by atoms with E-state index in [4.69, 9.17) is 4.74 Å². The zero-order valence-corrected chi connectivity index (χ0v) is 14.1. The third-order valence-electron chi connectivity index (χ3n) is 3.25. The molecule has 7 heteroatoms. The number of anilines is 1. The highest BCUT2D eigenvalue weighted by atomic mass is 16.5. The highest BCUT2D eigenvalue weighted by Crippen LogP contribution is 2.10. The van der Waals surface area contributed by atoms with Crippen LogP contribution in [0.1, 0.15) is 37.6 Å². The fourth-order valence-corrected chi connectivity index (χ4v) is 1.68. The maximum atomic E-state index is 12.0. The molecule has 130 valence electrons. The first-order valence-electron chi connectivity index (χ1n) is 7.70. The zero-order chi connectivity index (χ0) is 18.1. The number of ether oxygens (including phenoxy) is 1. The molecule has 0 aliphatic rings. The van der Waals surface area contributed by atoms with E-state index >= 15 is 0 Å². The Bertz CT molecular complexity index is 611. The van der Waals surface area contributed by atoms with Crippen molar-refractivity contribution >= 4 is 23.5 Å². The van der Waals surface area contributed by atoms with E-state index in [9.17, 15) is 14.4 Å². The molecule has 1 aromatic carbocycles. The molecule has 0 bridgehead atoms. The van der Waals surface area contributed by atoms with Gasteiger partial charge in [-0.2, -0.15) is 0 Å². The van der Waals surface area contributed by atoms with Crippen LogP contribution in [0.2, 0.25) is 0 Å². The number of hydrazine groups is 1. The molecule has 1 aromatic rings. The Kier molecular flexibility index (Phi) is 7.48. The van der Waals surface area contributed by atoms with E-state index in [0.717, 1.165) is 0 Å². The smallest absolute Gasteiger partial charge is 0.314 e. The second-order valence-electron chi connectivity index (χ2n) is 5.06. The van der Waals surface area contributed by atoms with Crippen LogP contribution in [0.4, 0.5) is 5.69 Å². The van der Waals surface area contributed by atoms with Gasteiger partial charge in [-0.05, 0) is 38.1 Å². The average Bonchev–Trinajstić information content (AvgIpc) is 2.59. The molecule has 0 radical (unpaired) electrons. The average molecular weight is 333 g/mol. The molecule has 1 rings (SSSR count). The second-order valence-corrected chi connectivity index (χ2v) is 5.06. The zero-order valence-electron chi connectivity index (χ0n) is 14.1. The third kappa shape index (κ3) is 5.75. The Hall–Kier alpha value is -2.83. The number of esters is 1. The summed E-state index contributed by atoms with van der Waals surface area (Å²) < 4.78 is 4.88. The highest BCUT2D eigenvalue weighted by Gasteiger charge is 2.18. The Labute approximate surface area is 141 Å². The van der Waals surface area contributed by atoms with Crippen LogP contribution in [-0.4, -0.2) is 24.4 Å². The van der Waals surface area contributed by atoms with Gasteiger partial charge in [0.1, 0.15) is 0 Å². The van der Waals surface area contributed by atoms with Gasteiger partial charge in [-0.3, -0.25) is 19.8 Å². The van der Waals surface area contributed by atoms with Crippen molar-refractivity contribution in [1.82, 2.24) is 10.9 Å². The Morgan fingerprint density at radius 2 is 1.75 bits per heavy atom. The van der Waals surface area contributed by atoms with Crippen molar-refractivity contribution in [3.8, 4) is 0 Å². The molecule has 0 fully saturated rings. The number of carbonyl (C=O) groups is 3. The van der Waals surface area contributed by atoms with Gasteiger partial charge in [0.05, 0.1) is 12.5 Å². The molecule has 0 saturated carbocycles. The van der Waals surface area contributed by atoms with E-state index < -0.39 is 11.9 Å². The van der Waals surface area contributed by atoms with Gasteiger partial charge in [-0.15, -0.1) is 0 Å². The van der Waals surface area contributed by atoms with Gasteiger partial charge >= 0.3 is 5.97 Å². The van der Waals surface area contributed by atoms with Crippen molar-refractivity contribution in [3.05, 3.63) is 42.1 Å². The summed E-state index contributed by atoms with van der Waals surface area (Å²) in [5.74, 6) is -1.49. The molecule has 1 atom stereocenters. The SMILES string of the molecule is C=C(NNC(=O)c1ccc(NC(=O)CC)cc1)C(C)C(=O)OCC. The molecule has 0 spiro atoms. The minimum Gasteiger partial charge on any atom is -0.465 e. The van der Waals surface area contributed by atoms with Crippen molar-refractivity contribution in [2.24, 2.45) is 5.92 Å². The number of rotatable bonds is 8. The first-order chi connectivity index (χ1) is 11.4. The molecule has 7 nitrogen and oxygen atoms in total. The first-order valence-corrected chi connectivity index (χ1v) is 7.70. The van der Waals surface area contributed by atoms with Crippen molar-refractivity contribution in [1.29, 1.82) is 0 Å². The number of hydrogen-bond acceptors (Lipinski definition) is 5. The molecule has 24 heavy (non-hydrogen) atoms. The fraction of sp³-hybridized carbons (Fsp3) is 0.353. The van der Waals surface area contributed by atoms with Gasteiger partial charge in [0.25, 0.3) is 5.91 Å². The van der Waals surface area contributed by atoms with E-state index in [1.54, 1.807) is 45.0 Å². The van der Waals surface area contributed by atoms with Crippen LogP contribution in [0.25, 0.3) is 0 Å². The lowest BCUT2D eigenvalue weighted by Crippen LogP contribution is -2.39. The molecule has 3 N–H and O–H groups in total. The molecular weight excluding hydrogens is 310 g/mol. The first kappa shape index (κ1) is 19.2. The lowest BCUT2D eigenvalue weighted by atomic mass is 10.1. The third-order valence-corrected chi connectivity index (χ3v) is 3.25. The van der Waals surface area contributed by atoms with Crippen LogP contribution in [0.3, 0.4) is 0 Å². The minimum atomic E-state index is -0.586. The van der Waals surface area contributed by atoms with Crippen LogP contribution < -0.4 is 16.2 Å². The summed E-state index contributed by atoms with van der Waals surface area (Å²) in [5, 5.41) is 2.70. The summed E-state index contributed by atoms with van der Waals surface area (Å²) in [6.45, 7) is 9.09. The van der Waals surface area contributed by atoms with Crippen molar-refractivity contribution in [3.63, 3.8) is 0 Å². The van der Waals surface area contributed by atoms with Crippen LogP contribution in [0, 0.1) is 5.92 Å². The molecule has 1 unspecified atom stereocenters. The molecule has 0 aliphatic carbocycles. The summed E-state index contributed by atoms with van der Waals surface area (Å²) in [5.41, 5.74) is 6.42. The van der Waals surface area contributed by atoms with Gasteiger partial charge < -0.3 is 15.5 Å². The summed E-state index contributed by atoms with van der Waals surface area (Å²) in [6, 6.07) is 6.44. The van der Waals surface area contributed by atoms with Crippen LogP contribution in [-0.2, 0) is 14.3 Å². The normalized spacial score (nSPS) is 11.1. The lowest BCUT2D eigenvalue weighted by molar-refractivity contribution is -0.146. The quantitative estimate of drug-likeness (QED) is 0.499. The fourth-order valence-electron chi connectivity index (χ4n) is 1.68. The van der Waals surface area contributed by atoms with E-state index in [1.807, 2.05) is 0 Å². The maximum Gasteiger partial charge on any atom is 0.314 e. The van der Waals surface area contributed by atoms with Crippen LogP contribution in [0.15, 0.2) is 36.5 Å². The molecule has 0 saturated heterocycles. The van der Waals surface area contributed by atoms with Crippen molar-refractivity contribution in [2.75, 3.05) is 11.9 Å². The number of nitrogens with one attached hydrogen (secondary N) is 3. The van der Waals surface area contributed by atoms with E-state index in [2.05, 4.69) is 22.7 Å². The second kappa shape index (κ2) is 9.34. The lowest BCUT2D eigenvalue weighted by Gasteiger charge is -2.16. The van der Waals surface area contributed by atoms with Crippen molar-refractivity contribution < 1.29 is 19.1 Å². The molecule has 2 amide bonds. The van der Waals surface area contributed by atoms with Crippen molar-refractivity contribution in [2.45, 2.75) is 27.2 Å². The van der Waals surface area contributed by atoms with Gasteiger partial charge in [0.2, 0.25) is 5.91 Å². The monoisotopic (exact) mass is 333 g/mol. The molecule has 0 heterocycles. The number of benzene rings is 1. The molecule has 0 aliphatic heterocycles. The van der Waals surface area contributed by atoms with E-state index in [-0.39, 0.29) is 18.4 Å². The molecule has 0 aromatic heterocycles. The topological polar surface area (TPSA) is 96.5 Å². The summed E-state index contributed by atoms with van der Waals surface area (Å²) in [6.07, 6.45) is 0.382. The Morgan fingerprint density at radius 3 is 2.29 bits per heavy atom. The summed E-state index contributed by atoms with van der Waals surface area (Å²) >= 11 is 0. The van der Waals surface area contributed by atoms with Gasteiger partial charge in [0.15, 0.2) is 0 Å². The Balaban J connectivity index is 2.54. The number of carbonyl (C=O) groups excluding carboxylic acids is 3. The van der Waals surface area contributed by atoms with E-state index in [0.29, 0.717) is 23.4 Å². The predicted octanol–water partition coefficient (Wildman–Crippen LogP) is 1.98. The number of amides is 2. The minimum absolute atomic E-state index is 0.0990. The summed E-state index contributed by atoms with van der Waals surface area (Å²) in [4.78, 5) is 34.9. The number of hydrogen-bond donors (Lipinski definition) is 3. The largest absolute Gasteiger partial charge is 0.465 e. The van der Waals surface area contributed by atoms with Gasteiger partial charge in [-0.25, -0.2) is 0 Å². The maximum absolute atomic E-state index is 12.0. The van der Waals surface area contributed by atoms with Gasteiger partial charge in [0, 0.05) is 23.4 Å². The molecular formula is C17H23N3O4. The predicted molar refractivity (Wildman–Crippen MR) is 90.9 cm³/mol. The van der Waals surface area contributed by atoms with E-state index in [1.165, 1.54) is 0 Å². The van der Waals surface area contributed by atoms with Gasteiger partial charge in [-0.1, -0.05) is 13.5 Å². The summed E-state index contributed by atoms with van der Waals surface area (Å²) in [7, 11) is 0. The Morgan fingerprint density at radius 1 is 1.12 bits per heavy atom. The van der Waals surface area contributed by atoms with Crippen LogP contribution in [0.5, 0.6) is 0 Å². The highest BCUT2D eigenvalue weighted by molar-refractivity contribution is 5.95. The standard InChI is InChI=1S/C17H23N3O4/c1-5-15(21)18-14-9-7-13(8-10-14)16(22)20-19-12(4)11(3)17(23)24-6-2/h7-11,19H,4-6H2,1-3H3,(H,18,21)(H,20,22). The van der Waals surface area contributed by atoms with Crippen LogP contribution >= 0.6 is 0 Å².